The molecule has 3 N–H and O–H groups in total. The van der Waals surface area contributed by atoms with Crippen LogP contribution in [0.2, 0.25) is 5.02 Å². The van der Waals surface area contributed by atoms with E-state index in [1.807, 2.05) is 18.2 Å². The van der Waals surface area contributed by atoms with Gasteiger partial charge in [0.25, 0.3) is 5.91 Å². The molecule has 28 heavy (non-hydrogen) atoms. The Kier molecular flexibility index (Phi) is 7.31. The molecule has 0 aliphatic carbocycles. The average molecular weight is 416 g/mol. The van der Waals surface area contributed by atoms with Gasteiger partial charge in [0, 0.05) is 16.7 Å². The van der Waals surface area contributed by atoms with Gasteiger partial charge < -0.3 is 0 Å². The van der Waals surface area contributed by atoms with Gasteiger partial charge in [0.2, 0.25) is 5.91 Å². The maximum absolute atomic E-state index is 12.2. The summed E-state index contributed by atoms with van der Waals surface area (Å²) >= 11 is 11.0. The lowest BCUT2D eigenvalue weighted by molar-refractivity contribution is -0.115. The van der Waals surface area contributed by atoms with Crippen LogP contribution in [0.3, 0.4) is 0 Å². The van der Waals surface area contributed by atoms with Crippen molar-refractivity contribution in [1.82, 2.24) is 16.2 Å². The third kappa shape index (κ3) is 6.48. The Morgan fingerprint density at radius 3 is 2.25 bits per heavy atom. The van der Waals surface area contributed by atoms with Crippen molar-refractivity contribution in [3.05, 3.63) is 76.3 Å². The first-order valence-corrected chi connectivity index (χ1v) is 9.40. The number of hydrogen-bond acceptors (Lipinski definition) is 3. The zero-order valence-electron chi connectivity index (χ0n) is 15.9. The quantitative estimate of drug-likeness (QED) is 0.403. The minimum absolute atomic E-state index is 0.0105. The zero-order valence-corrected chi connectivity index (χ0v) is 17.4. The molecular formula is C21H22ClN3O2S. The van der Waals surface area contributed by atoms with E-state index >= 15 is 0 Å². The minimum Gasteiger partial charge on any atom is -0.298 e. The lowest BCUT2D eigenvalue weighted by atomic mass is 9.87. The molecule has 2 amide bonds. The molecule has 0 fully saturated rings. The van der Waals surface area contributed by atoms with Crippen molar-refractivity contribution >= 4 is 46.8 Å². The molecule has 5 nitrogen and oxygen atoms in total. The maximum Gasteiger partial charge on any atom is 0.269 e. The summed E-state index contributed by atoms with van der Waals surface area (Å²) in [5, 5.41) is 2.96. The first-order chi connectivity index (χ1) is 13.2. The van der Waals surface area contributed by atoms with Crippen LogP contribution in [0.5, 0.6) is 0 Å². The number of benzene rings is 2. The van der Waals surface area contributed by atoms with Gasteiger partial charge in [0.1, 0.15) is 0 Å². The number of nitrogens with one attached hydrogen (secondary N) is 3. The van der Waals surface area contributed by atoms with Crippen molar-refractivity contribution < 1.29 is 9.59 Å². The molecule has 0 aliphatic rings. The van der Waals surface area contributed by atoms with Crippen molar-refractivity contribution in [2.24, 2.45) is 0 Å². The predicted octanol–water partition coefficient (Wildman–Crippen LogP) is 3.99. The summed E-state index contributed by atoms with van der Waals surface area (Å²) < 4.78 is 0. The van der Waals surface area contributed by atoms with E-state index in [9.17, 15) is 9.59 Å². The molecule has 0 aromatic heterocycles. The van der Waals surface area contributed by atoms with Crippen LogP contribution >= 0.6 is 23.8 Å². The highest BCUT2D eigenvalue weighted by atomic mass is 35.5. The molecule has 146 valence electrons. The molecule has 0 saturated carbocycles. The van der Waals surface area contributed by atoms with Crippen molar-refractivity contribution in [3.8, 4) is 0 Å². The molecule has 7 heteroatoms. The fourth-order valence-electron chi connectivity index (χ4n) is 2.27. The van der Waals surface area contributed by atoms with E-state index in [0.717, 1.165) is 5.56 Å². The first-order valence-electron chi connectivity index (χ1n) is 8.61. The summed E-state index contributed by atoms with van der Waals surface area (Å²) in [6.45, 7) is 6.31. The summed E-state index contributed by atoms with van der Waals surface area (Å²) in [6.07, 6.45) is 2.89. The van der Waals surface area contributed by atoms with Gasteiger partial charge in [-0.2, -0.15) is 0 Å². The van der Waals surface area contributed by atoms with Crippen LogP contribution in [0.4, 0.5) is 0 Å². The number of thiocarbonyl (C=S) groups is 1. The van der Waals surface area contributed by atoms with Gasteiger partial charge in [0.15, 0.2) is 5.11 Å². The Bertz CT molecular complexity index is 903. The second-order valence-corrected chi connectivity index (χ2v) is 7.90. The number of amides is 2. The van der Waals surface area contributed by atoms with E-state index in [0.29, 0.717) is 16.1 Å². The molecule has 0 aliphatic heterocycles. The van der Waals surface area contributed by atoms with E-state index in [1.165, 1.54) is 6.08 Å². The summed E-state index contributed by atoms with van der Waals surface area (Å²) in [5.41, 5.74) is 7.29. The maximum atomic E-state index is 12.2. The molecular weight excluding hydrogens is 394 g/mol. The van der Waals surface area contributed by atoms with Crippen molar-refractivity contribution in [1.29, 1.82) is 0 Å². The summed E-state index contributed by atoms with van der Waals surface area (Å²) in [4.78, 5) is 24.1. The van der Waals surface area contributed by atoms with Gasteiger partial charge >= 0.3 is 0 Å². The first kappa shape index (κ1) is 21.6. The number of halogens is 1. The Balaban J connectivity index is 1.84. The third-order valence-electron chi connectivity index (χ3n) is 3.86. The molecule has 0 unspecified atom stereocenters. The largest absolute Gasteiger partial charge is 0.298 e. The number of carbonyl (C=O) groups is 2. The standard InChI is InChI=1S/C21H22ClN3O2S/c1-21(2,3)16-11-8-15(9-12-16)19(27)24-25-20(28)23-18(26)13-10-14-6-4-5-7-17(14)22/h4-13H,1-3H3,(H,24,27)(H2,23,25,26,28)/b13-10+. The fourth-order valence-corrected chi connectivity index (χ4v) is 2.62. The summed E-state index contributed by atoms with van der Waals surface area (Å²) in [6, 6.07) is 14.4. The third-order valence-corrected chi connectivity index (χ3v) is 4.41. The van der Waals surface area contributed by atoms with Crippen molar-refractivity contribution in [3.63, 3.8) is 0 Å². The lowest BCUT2D eigenvalue weighted by Crippen LogP contribution is -2.48. The van der Waals surface area contributed by atoms with Crippen LogP contribution in [-0.2, 0) is 10.2 Å². The van der Waals surface area contributed by atoms with E-state index in [-0.39, 0.29) is 16.4 Å². The van der Waals surface area contributed by atoms with Crippen LogP contribution in [0.1, 0.15) is 42.3 Å². The summed E-state index contributed by atoms with van der Waals surface area (Å²) in [7, 11) is 0. The SMILES string of the molecule is CC(C)(C)c1ccc(C(=O)NNC(=S)NC(=O)/C=C/c2ccccc2Cl)cc1. The predicted molar refractivity (Wildman–Crippen MR) is 117 cm³/mol. The normalized spacial score (nSPS) is 11.1. The Labute approximate surface area is 175 Å². The number of hydrazine groups is 1. The van der Waals surface area contributed by atoms with Gasteiger partial charge in [-0.05, 0) is 53.0 Å². The zero-order chi connectivity index (χ0) is 20.7. The molecule has 0 bridgehead atoms. The number of hydrogen-bond donors (Lipinski definition) is 3. The van der Waals surface area contributed by atoms with Gasteiger partial charge in [-0.1, -0.05) is 62.7 Å². The van der Waals surface area contributed by atoms with E-state index in [1.54, 1.807) is 36.4 Å². The molecule has 0 spiro atoms. The molecule has 2 aromatic rings. The van der Waals surface area contributed by atoms with Gasteiger partial charge in [-0.25, -0.2) is 0 Å². The lowest BCUT2D eigenvalue weighted by Gasteiger charge is -2.19. The number of rotatable bonds is 3. The fraction of sp³-hybridized carbons (Fsp3) is 0.190. The Hall–Kier alpha value is -2.70. The van der Waals surface area contributed by atoms with Crippen molar-refractivity contribution in [2.75, 3.05) is 0 Å². The minimum atomic E-state index is -0.443. The van der Waals surface area contributed by atoms with Crippen LogP contribution in [0.25, 0.3) is 6.08 Å². The Morgan fingerprint density at radius 2 is 1.64 bits per heavy atom. The molecule has 0 heterocycles. The second kappa shape index (κ2) is 9.48. The van der Waals surface area contributed by atoms with Crippen LogP contribution in [0.15, 0.2) is 54.6 Å². The second-order valence-electron chi connectivity index (χ2n) is 7.08. The van der Waals surface area contributed by atoms with Gasteiger partial charge in [-0.15, -0.1) is 0 Å². The highest BCUT2D eigenvalue weighted by molar-refractivity contribution is 7.80. The van der Waals surface area contributed by atoms with E-state index < -0.39 is 5.91 Å². The molecule has 0 radical (unpaired) electrons. The average Bonchev–Trinajstić information content (AvgIpc) is 2.65. The monoisotopic (exact) mass is 415 g/mol. The van der Waals surface area contributed by atoms with Crippen LogP contribution < -0.4 is 16.2 Å². The van der Waals surface area contributed by atoms with Gasteiger partial charge in [0.05, 0.1) is 0 Å². The van der Waals surface area contributed by atoms with Crippen molar-refractivity contribution in [2.45, 2.75) is 26.2 Å². The highest BCUT2D eigenvalue weighted by Crippen LogP contribution is 2.22. The topological polar surface area (TPSA) is 70.2 Å². The molecule has 0 atom stereocenters. The summed E-state index contributed by atoms with van der Waals surface area (Å²) in [5.74, 6) is -0.801. The van der Waals surface area contributed by atoms with Crippen LogP contribution in [-0.4, -0.2) is 16.9 Å². The Morgan fingerprint density at radius 1 is 1.00 bits per heavy atom. The van der Waals surface area contributed by atoms with E-state index in [2.05, 4.69) is 36.9 Å². The van der Waals surface area contributed by atoms with Crippen LogP contribution in [0, 0.1) is 0 Å². The molecule has 2 rings (SSSR count). The van der Waals surface area contributed by atoms with E-state index in [4.69, 9.17) is 23.8 Å². The number of carbonyl (C=O) groups excluding carboxylic acids is 2. The smallest absolute Gasteiger partial charge is 0.269 e. The molecule has 0 saturated heterocycles. The molecule has 2 aromatic carbocycles. The highest BCUT2D eigenvalue weighted by Gasteiger charge is 2.14. The van der Waals surface area contributed by atoms with Gasteiger partial charge in [-0.3, -0.25) is 25.8 Å².